The molecule has 1 fully saturated rings. The minimum atomic E-state index is -0.184. The van der Waals surface area contributed by atoms with Gasteiger partial charge >= 0.3 is 0 Å². The van der Waals surface area contributed by atoms with Gasteiger partial charge in [-0.05, 0) is 51.6 Å². The smallest absolute Gasteiger partial charge is 0.257 e. The summed E-state index contributed by atoms with van der Waals surface area (Å²) in [7, 11) is 0. The monoisotopic (exact) mass is 269 g/mol. The van der Waals surface area contributed by atoms with E-state index in [-0.39, 0.29) is 5.91 Å². The van der Waals surface area contributed by atoms with Crippen LogP contribution in [0.15, 0.2) is 46.9 Å². The van der Waals surface area contributed by atoms with E-state index in [0.717, 1.165) is 5.69 Å². The number of nitrogens with zero attached hydrogens (tertiary/aromatic N) is 2. The molecule has 1 aromatic rings. The summed E-state index contributed by atoms with van der Waals surface area (Å²) in [5.41, 5.74) is 2.96. The molecule has 0 bridgehead atoms. The minimum absolute atomic E-state index is 0.184. The van der Waals surface area contributed by atoms with Crippen LogP contribution in [0.25, 0.3) is 0 Å². The van der Waals surface area contributed by atoms with Crippen molar-refractivity contribution in [3.05, 3.63) is 53.1 Å². The summed E-state index contributed by atoms with van der Waals surface area (Å²) >= 11 is 0. The predicted octanol–water partition coefficient (Wildman–Crippen LogP) is 3.20. The molecule has 1 aliphatic rings. The highest BCUT2D eigenvalue weighted by Gasteiger charge is 2.24. The Kier molecular flexibility index (Phi) is 4.45. The summed E-state index contributed by atoms with van der Waals surface area (Å²) in [6.07, 6.45) is 7.69. The first-order valence-corrected chi connectivity index (χ1v) is 6.73. The normalized spacial score (nSPS) is 15.9. The van der Waals surface area contributed by atoms with E-state index in [1.807, 2.05) is 25.1 Å². The molecule has 0 aliphatic heterocycles. The molecule has 0 radical (unpaired) electrons. The number of aromatic nitrogens is 1. The van der Waals surface area contributed by atoms with E-state index in [0.29, 0.717) is 22.9 Å². The Balaban J connectivity index is 2.11. The van der Waals surface area contributed by atoms with Crippen molar-refractivity contribution in [3.63, 3.8) is 0 Å². The van der Waals surface area contributed by atoms with Crippen LogP contribution in [0, 0.1) is 0 Å². The van der Waals surface area contributed by atoms with Crippen LogP contribution in [0.1, 0.15) is 48.7 Å². The number of allylic oxidation sites excluding steroid dienone is 3. The number of amides is 1. The topological polar surface area (TPSA) is 54.4 Å². The van der Waals surface area contributed by atoms with Crippen LogP contribution in [0.2, 0.25) is 0 Å². The van der Waals surface area contributed by atoms with Crippen molar-refractivity contribution in [2.45, 2.75) is 32.6 Å². The molecule has 0 saturated heterocycles. The molecule has 1 saturated carbocycles. The van der Waals surface area contributed by atoms with Crippen LogP contribution in [0.3, 0.4) is 0 Å². The first kappa shape index (κ1) is 14.2. The number of rotatable bonds is 5. The number of hydrogen-bond donors (Lipinski definition) is 1. The van der Waals surface area contributed by atoms with Gasteiger partial charge in [-0.15, -0.1) is 0 Å². The largest absolute Gasteiger partial charge is 0.320 e. The molecular weight excluding hydrogens is 250 g/mol. The second kappa shape index (κ2) is 6.28. The summed E-state index contributed by atoms with van der Waals surface area (Å²) in [6.45, 7) is 7.16. The third-order valence-corrected chi connectivity index (χ3v) is 3.25. The fraction of sp³-hybridized carbons (Fsp3) is 0.312. The molecule has 0 spiro atoms. The second-order valence-corrected chi connectivity index (χ2v) is 4.86. The Labute approximate surface area is 119 Å². The first-order valence-electron chi connectivity index (χ1n) is 6.73. The van der Waals surface area contributed by atoms with Crippen LogP contribution in [-0.2, 0) is 0 Å². The fourth-order valence-corrected chi connectivity index (χ4v) is 1.86. The van der Waals surface area contributed by atoms with Crippen molar-refractivity contribution >= 4 is 12.6 Å². The zero-order valence-corrected chi connectivity index (χ0v) is 11.9. The van der Waals surface area contributed by atoms with Gasteiger partial charge in [-0.3, -0.25) is 14.8 Å². The average Bonchev–Trinajstić information content (AvgIpc) is 3.30. The Morgan fingerprint density at radius 2 is 2.25 bits per heavy atom. The van der Waals surface area contributed by atoms with Gasteiger partial charge < -0.3 is 5.32 Å². The van der Waals surface area contributed by atoms with Gasteiger partial charge in [0.05, 0.1) is 17.0 Å². The van der Waals surface area contributed by atoms with Gasteiger partial charge in [0.1, 0.15) is 0 Å². The van der Waals surface area contributed by atoms with Crippen molar-refractivity contribution in [2.75, 3.05) is 0 Å². The molecule has 1 heterocycles. The van der Waals surface area contributed by atoms with E-state index >= 15 is 0 Å². The third-order valence-electron chi connectivity index (χ3n) is 3.25. The van der Waals surface area contributed by atoms with Gasteiger partial charge in [-0.2, -0.15) is 0 Å². The average molecular weight is 269 g/mol. The van der Waals surface area contributed by atoms with Gasteiger partial charge in [0.15, 0.2) is 0 Å². The van der Waals surface area contributed by atoms with Crippen LogP contribution in [0.4, 0.5) is 0 Å². The number of nitrogens with one attached hydrogen (secondary N) is 1. The lowest BCUT2D eigenvalue weighted by Crippen LogP contribution is -2.23. The lowest BCUT2D eigenvalue weighted by Gasteiger charge is -2.08. The van der Waals surface area contributed by atoms with E-state index in [1.54, 1.807) is 19.2 Å². The summed E-state index contributed by atoms with van der Waals surface area (Å²) in [5, 5.41) is 2.83. The number of carbonyl (C=O) groups is 1. The molecule has 20 heavy (non-hydrogen) atoms. The van der Waals surface area contributed by atoms with E-state index in [4.69, 9.17) is 0 Å². The second-order valence-electron chi connectivity index (χ2n) is 4.86. The highest BCUT2D eigenvalue weighted by Crippen LogP contribution is 2.38. The van der Waals surface area contributed by atoms with Crippen molar-refractivity contribution < 1.29 is 4.79 Å². The van der Waals surface area contributed by atoms with Gasteiger partial charge in [0.25, 0.3) is 5.91 Å². The van der Waals surface area contributed by atoms with Gasteiger partial charge in [-0.1, -0.05) is 6.08 Å². The standard InChI is InChI=1S/C16H19N3O/c1-4-5-14(11(2)17-3)19-16(20)13-8-9-15(18-10-13)12-6-7-12/h4-5,8-10,12H,3,6-7H2,1-2H3,(H,19,20)/b5-4-,14-11+. The van der Waals surface area contributed by atoms with Crippen LogP contribution >= 0.6 is 0 Å². The predicted molar refractivity (Wildman–Crippen MR) is 80.7 cm³/mol. The summed E-state index contributed by atoms with van der Waals surface area (Å²) in [5.74, 6) is 0.411. The molecule has 0 unspecified atom stereocenters. The van der Waals surface area contributed by atoms with Gasteiger partial charge in [-0.25, -0.2) is 0 Å². The number of carbonyl (C=O) groups excluding carboxylic acids is 1. The van der Waals surface area contributed by atoms with Crippen molar-refractivity contribution in [1.82, 2.24) is 10.3 Å². The molecule has 0 atom stereocenters. The lowest BCUT2D eigenvalue weighted by atomic mass is 10.2. The highest BCUT2D eigenvalue weighted by atomic mass is 16.1. The maximum absolute atomic E-state index is 12.2. The van der Waals surface area contributed by atoms with Crippen molar-refractivity contribution in [2.24, 2.45) is 4.99 Å². The Morgan fingerprint density at radius 3 is 2.75 bits per heavy atom. The van der Waals surface area contributed by atoms with E-state index < -0.39 is 0 Å². The number of hydrogen-bond acceptors (Lipinski definition) is 3. The first-order chi connectivity index (χ1) is 9.65. The SMILES string of the molecule is C=N/C(C)=C(\C=C/C)NC(=O)c1ccc(C2CC2)nc1. The molecule has 104 valence electrons. The fourth-order valence-electron chi connectivity index (χ4n) is 1.86. The van der Waals surface area contributed by atoms with E-state index in [2.05, 4.69) is 22.0 Å². The van der Waals surface area contributed by atoms with Crippen molar-refractivity contribution in [3.8, 4) is 0 Å². The maximum atomic E-state index is 12.2. The van der Waals surface area contributed by atoms with Crippen LogP contribution < -0.4 is 5.32 Å². The zero-order valence-electron chi connectivity index (χ0n) is 11.9. The molecule has 1 aromatic heterocycles. The van der Waals surface area contributed by atoms with E-state index in [9.17, 15) is 4.79 Å². The number of pyridine rings is 1. The number of aliphatic imine (C=N–C) groups is 1. The molecule has 4 heteroatoms. The molecular formula is C16H19N3O. The summed E-state index contributed by atoms with van der Waals surface area (Å²) in [4.78, 5) is 20.4. The lowest BCUT2D eigenvalue weighted by molar-refractivity contribution is 0.0966. The van der Waals surface area contributed by atoms with E-state index in [1.165, 1.54) is 12.8 Å². The molecule has 2 rings (SSSR count). The minimum Gasteiger partial charge on any atom is -0.320 e. The molecule has 1 N–H and O–H groups in total. The Hall–Kier alpha value is -2.23. The molecule has 1 amide bonds. The Bertz CT molecular complexity index is 566. The third kappa shape index (κ3) is 3.41. The highest BCUT2D eigenvalue weighted by molar-refractivity contribution is 5.95. The summed E-state index contributed by atoms with van der Waals surface area (Å²) in [6, 6.07) is 3.75. The van der Waals surface area contributed by atoms with Crippen molar-refractivity contribution in [1.29, 1.82) is 0 Å². The van der Waals surface area contributed by atoms with Gasteiger partial charge in [0, 0.05) is 17.8 Å². The quantitative estimate of drug-likeness (QED) is 0.659. The molecule has 1 aliphatic carbocycles. The summed E-state index contributed by atoms with van der Waals surface area (Å²) < 4.78 is 0. The maximum Gasteiger partial charge on any atom is 0.257 e. The van der Waals surface area contributed by atoms with Crippen LogP contribution in [-0.4, -0.2) is 17.6 Å². The zero-order chi connectivity index (χ0) is 14.5. The Morgan fingerprint density at radius 1 is 1.50 bits per heavy atom. The molecule has 0 aromatic carbocycles. The van der Waals surface area contributed by atoms with Crippen LogP contribution in [0.5, 0.6) is 0 Å². The molecule has 4 nitrogen and oxygen atoms in total. The van der Waals surface area contributed by atoms with Gasteiger partial charge in [0.2, 0.25) is 0 Å².